The van der Waals surface area contributed by atoms with Crippen molar-refractivity contribution >= 4 is 28.5 Å². The first-order valence-corrected chi connectivity index (χ1v) is 22.4. The van der Waals surface area contributed by atoms with Crippen LogP contribution in [-0.2, 0) is 25.2 Å². The van der Waals surface area contributed by atoms with Gasteiger partial charge in [0.2, 0.25) is 0 Å². The Bertz CT molecular complexity index is 3010. The van der Waals surface area contributed by atoms with Gasteiger partial charge in [-0.3, -0.25) is 9.59 Å². The van der Waals surface area contributed by atoms with Crippen LogP contribution in [0.3, 0.4) is 0 Å². The number of carbonyl (C=O) groups is 2. The predicted octanol–water partition coefficient (Wildman–Crippen LogP) is 13.7. The van der Waals surface area contributed by atoms with Crippen molar-refractivity contribution in [1.82, 2.24) is 0 Å². The molecule has 8 nitrogen and oxygen atoms in total. The molecule has 67 heavy (non-hydrogen) atoms. The van der Waals surface area contributed by atoms with E-state index in [0.29, 0.717) is 47.9 Å². The Balaban J connectivity index is 0.000000189. The van der Waals surface area contributed by atoms with E-state index in [2.05, 4.69) is 84.4 Å². The van der Waals surface area contributed by atoms with Gasteiger partial charge in [0.15, 0.2) is 12.6 Å². The van der Waals surface area contributed by atoms with Crippen molar-refractivity contribution in [2.45, 2.75) is 39.0 Å². The number of hydrogen-bond acceptors (Lipinski definition) is 8. The van der Waals surface area contributed by atoms with Crippen molar-refractivity contribution in [2.24, 2.45) is 0 Å². The molecule has 0 bridgehead atoms. The summed E-state index contributed by atoms with van der Waals surface area (Å²) in [5, 5.41) is 28.1. The molecular weight excluding hydrogens is 901 g/mol. The molecule has 0 aliphatic rings. The fourth-order valence-electron chi connectivity index (χ4n) is 7.02. The number of ether oxygens (including phenoxy) is 3. The van der Waals surface area contributed by atoms with Crippen molar-refractivity contribution in [2.75, 3.05) is 0 Å². The molecule has 8 rings (SSSR count). The number of alkyl halides is 1. The third-order valence-corrected chi connectivity index (χ3v) is 11.4. The van der Waals surface area contributed by atoms with Gasteiger partial charge in [-0.05, 0) is 118 Å². The van der Waals surface area contributed by atoms with Crippen LogP contribution in [0.25, 0.3) is 22.3 Å². The Hall–Kier alpha value is -8.24. The number of nitrogens with zero attached hydrogens (tertiary/aromatic N) is 2. The van der Waals surface area contributed by atoms with Gasteiger partial charge in [-0.25, -0.2) is 0 Å². The topological polar surface area (TPSA) is 130 Å². The summed E-state index contributed by atoms with van der Waals surface area (Å²) in [5.41, 5.74) is 13.2. The van der Waals surface area contributed by atoms with Crippen LogP contribution in [0, 0.1) is 36.5 Å². The second-order valence-electron chi connectivity index (χ2n) is 15.2. The molecule has 8 aromatic rings. The highest BCUT2D eigenvalue weighted by atomic mass is 79.9. The van der Waals surface area contributed by atoms with E-state index in [-0.39, 0.29) is 17.9 Å². The molecular formula is C58H47BrN2O6. The van der Waals surface area contributed by atoms with E-state index in [4.69, 9.17) is 24.7 Å². The van der Waals surface area contributed by atoms with Crippen LogP contribution in [0.1, 0.15) is 65.2 Å². The van der Waals surface area contributed by atoms with Crippen LogP contribution in [-0.4, -0.2) is 17.7 Å². The second kappa shape index (κ2) is 24.7. The Labute approximate surface area is 400 Å². The maximum absolute atomic E-state index is 11.5. The SMILES string of the molecule is Cc1c(COc2ccc(C=O)c(O)c2)cccc1-c1ccccc1.Cc1c(COc2ccc(C=O)c(OCc3cccc(C#N)c3)c2)cccc1-c1ccccc1.N#Cc1cccc(CBr)c1. The number of carbonyl (C=O) groups excluding carboxylic acids is 2. The van der Waals surface area contributed by atoms with Crippen LogP contribution in [0.2, 0.25) is 0 Å². The van der Waals surface area contributed by atoms with Crippen LogP contribution >= 0.6 is 15.9 Å². The zero-order valence-corrected chi connectivity index (χ0v) is 38.7. The summed E-state index contributed by atoms with van der Waals surface area (Å²) in [5.74, 6) is 1.52. The third kappa shape index (κ3) is 13.6. The van der Waals surface area contributed by atoms with Gasteiger partial charge in [-0.15, -0.1) is 0 Å². The van der Waals surface area contributed by atoms with E-state index in [1.807, 2.05) is 84.9 Å². The van der Waals surface area contributed by atoms with Gasteiger partial charge in [-0.2, -0.15) is 10.5 Å². The molecule has 0 aliphatic heterocycles. The normalized spacial score (nSPS) is 10.1. The lowest BCUT2D eigenvalue weighted by molar-refractivity contribution is 0.111. The summed E-state index contributed by atoms with van der Waals surface area (Å²) < 4.78 is 17.7. The molecule has 0 saturated heterocycles. The van der Waals surface area contributed by atoms with Gasteiger partial charge >= 0.3 is 0 Å². The Morgan fingerprint density at radius 3 is 1.48 bits per heavy atom. The molecule has 0 heterocycles. The number of rotatable bonds is 14. The minimum Gasteiger partial charge on any atom is -0.507 e. The molecule has 0 spiro atoms. The molecule has 8 aromatic carbocycles. The standard InChI is InChI=1S/C29H23NO3.C21H18O3.C8H6BrN/c1-21-26(11-6-12-28(21)24-9-3-2-4-10-24)20-32-27-14-13-25(18-31)29(16-27)33-19-23-8-5-7-22(15-23)17-30;1-15-18(8-5-9-20(15)16-6-3-2-4-7-16)14-24-19-11-10-17(13-22)21(23)12-19;9-5-7-2-1-3-8(4-7)6-10/h2-16,18H,19-20H2,1H3;2-13,23H,14H2,1H3;1-4H,5H2. The first-order valence-electron chi connectivity index (χ1n) is 21.3. The third-order valence-electron chi connectivity index (χ3n) is 10.8. The summed E-state index contributed by atoms with van der Waals surface area (Å²) in [4.78, 5) is 22.2. The largest absolute Gasteiger partial charge is 0.507 e. The van der Waals surface area contributed by atoms with E-state index in [1.54, 1.807) is 48.5 Å². The monoisotopic (exact) mass is 946 g/mol. The van der Waals surface area contributed by atoms with Crippen LogP contribution < -0.4 is 14.2 Å². The number of aldehydes is 2. The highest BCUT2D eigenvalue weighted by Crippen LogP contribution is 2.30. The molecule has 0 fully saturated rings. The summed E-state index contributed by atoms with van der Waals surface area (Å²) in [6.45, 7) is 5.22. The van der Waals surface area contributed by atoms with Crippen molar-refractivity contribution < 1.29 is 28.9 Å². The summed E-state index contributed by atoms with van der Waals surface area (Å²) in [7, 11) is 0. The average molecular weight is 948 g/mol. The maximum Gasteiger partial charge on any atom is 0.153 e. The Morgan fingerprint density at radius 1 is 0.507 bits per heavy atom. The molecule has 0 saturated carbocycles. The average Bonchev–Trinajstić information content (AvgIpc) is 3.38. The molecule has 0 atom stereocenters. The van der Waals surface area contributed by atoms with Gasteiger partial charge < -0.3 is 19.3 Å². The van der Waals surface area contributed by atoms with Crippen molar-refractivity contribution in [3.63, 3.8) is 0 Å². The zero-order valence-electron chi connectivity index (χ0n) is 37.1. The highest BCUT2D eigenvalue weighted by molar-refractivity contribution is 9.08. The number of benzene rings is 8. The van der Waals surface area contributed by atoms with Crippen molar-refractivity contribution in [3.8, 4) is 57.4 Å². The van der Waals surface area contributed by atoms with Crippen molar-refractivity contribution in [1.29, 1.82) is 10.5 Å². The number of phenolic OH excluding ortho intramolecular Hbond substituents is 1. The molecule has 0 unspecified atom stereocenters. The first kappa shape index (κ1) is 48.2. The summed E-state index contributed by atoms with van der Waals surface area (Å²) in [6, 6.07) is 61.6. The number of phenols is 1. The second-order valence-corrected chi connectivity index (χ2v) is 15.8. The van der Waals surface area contributed by atoms with Gasteiger partial charge in [-0.1, -0.05) is 137 Å². The molecule has 0 radical (unpaired) electrons. The predicted molar refractivity (Wildman–Crippen MR) is 266 cm³/mol. The van der Waals surface area contributed by atoms with Gasteiger partial charge in [0, 0.05) is 17.5 Å². The van der Waals surface area contributed by atoms with Gasteiger partial charge in [0.05, 0.1) is 34.4 Å². The van der Waals surface area contributed by atoms with Crippen molar-refractivity contribution in [3.05, 3.63) is 238 Å². The molecule has 1 N–H and O–H groups in total. The summed E-state index contributed by atoms with van der Waals surface area (Å²) in [6.07, 6.45) is 1.38. The van der Waals surface area contributed by atoms with Crippen LogP contribution in [0.5, 0.6) is 23.0 Å². The number of nitriles is 2. The molecule has 0 aliphatic carbocycles. The molecule has 9 heteroatoms. The van der Waals surface area contributed by atoms with E-state index in [0.717, 1.165) is 45.0 Å². The fourth-order valence-corrected chi connectivity index (χ4v) is 7.37. The lowest BCUT2D eigenvalue weighted by Gasteiger charge is -2.14. The van der Waals surface area contributed by atoms with E-state index >= 15 is 0 Å². The first-order chi connectivity index (χ1) is 32.7. The smallest absolute Gasteiger partial charge is 0.153 e. The number of hydrogen-bond donors (Lipinski definition) is 1. The van der Waals surface area contributed by atoms with Crippen LogP contribution in [0.4, 0.5) is 0 Å². The molecule has 0 aromatic heterocycles. The Morgan fingerprint density at radius 2 is 0.985 bits per heavy atom. The lowest BCUT2D eigenvalue weighted by Crippen LogP contribution is -2.02. The van der Waals surface area contributed by atoms with E-state index < -0.39 is 0 Å². The number of halogens is 1. The van der Waals surface area contributed by atoms with Gasteiger partial charge in [0.25, 0.3) is 0 Å². The van der Waals surface area contributed by atoms with Gasteiger partial charge in [0.1, 0.15) is 42.8 Å². The van der Waals surface area contributed by atoms with E-state index in [1.165, 1.54) is 33.9 Å². The van der Waals surface area contributed by atoms with Crippen LogP contribution in [0.15, 0.2) is 182 Å². The maximum atomic E-state index is 11.5. The number of aromatic hydroxyl groups is 1. The fraction of sp³-hybridized carbons (Fsp3) is 0.103. The minimum absolute atomic E-state index is 0.0720. The Kier molecular flexibility index (Phi) is 17.8. The zero-order chi connectivity index (χ0) is 47.4. The van der Waals surface area contributed by atoms with E-state index in [9.17, 15) is 14.7 Å². The highest BCUT2D eigenvalue weighted by Gasteiger charge is 2.11. The minimum atomic E-state index is -0.0720. The lowest BCUT2D eigenvalue weighted by atomic mass is 9.97. The molecule has 332 valence electrons. The molecule has 0 amide bonds. The quantitative estimate of drug-likeness (QED) is 0.0843. The summed E-state index contributed by atoms with van der Waals surface area (Å²) >= 11 is 3.31.